The summed E-state index contributed by atoms with van der Waals surface area (Å²) >= 11 is 0. The molecule has 0 aliphatic rings. The van der Waals surface area contributed by atoms with Crippen LogP contribution in [0.15, 0.2) is 42.5 Å². The van der Waals surface area contributed by atoms with Crippen molar-refractivity contribution in [2.75, 3.05) is 17.7 Å². The van der Waals surface area contributed by atoms with Crippen LogP contribution in [-0.4, -0.2) is 13.0 Å². The van der Waals surface area contributed by atoms with Crippen LogP contribution in [0.4, 0.5) is 17.1 Å². The molecule has 20 heavy (non-hydrogen) atoms. The number of aryl methyl sites for hydroxylation is 1. The first-order valence-electron chi connectivity index (χ1n) is 6.38. The lowest BCUT2D eigenvalue weighted by molar-refractivity contribution is -0.114. The van der Waals surface area contributed by atoms with Gasteiger partial charge in [0, 0.05) is 18.3 Å². The highest BCUT2D eigenvalue weighted by Gasteiger charge is 2.04. The molecule has 2 aromatic rings. The van der Waals surface area contributed by atoms with E-state index in [2.05, 4.69) is 10.6 Å². The Hall–Kier alpha value is -2.49. The summed E-state index contributed by atoms with van der Waals surface area (Å²) in [4.78, 5) is 11.0. The second-order valence-electron chi connectivity index (χ2n) is 4.59. The second kappa shape index (κ2) is 6.10. The molecule has 0 fully saturated rings. The maximum atomic E-state index is 11.0. The van der Waals surface area contributed by atoms with Gasteiger partial charge in [-0.1, -0.05) is 6.07 Å². The van der Waals surface area contributed by atoms with Gasteiger partial charge in [0.15, 0.2) is 0 Å². The molecule has 0 aliphatic heterocycles. The summed E-state index contributed by atoms with van der Waals surface area (Å²) in [5, 5.41) is 6.04. The van der Waals surface area contributed by atoms with Crippen molar-refractivity contribution < 1.29 is 9.53 Å². The first kappa shape index (κ1) is 13.9. The van der Waals surface area contributed by atoms with E-state index in [0.29, 0.717) is 0 Å². The molecule has 0 aliphatic carbocycles. The molecule has 0 heterocycles. The summed E-state index contributed by atoms with van der Waals surface area (Å²) in [5.41, 5.74) is 3.78. The minimum absolute atomic E-state index is 0.0777. The Morgan fingerprint density at radius 2 is 1.70 bits per heavy atom. The van der Waals surface area contributed by atoms with Crippen LogP contribution < -0.4 is 15.4 Å². The molecule has 4 heteroatoms. The van der Waals surface area contributed by atoms with Gasteiger partial charge >= 0.3 is 0 Å². The van der Waals surface area contributed by atoms with Crippen LogP contribution >= 0.6 is 0 Å². The summed E-state index contributed by atoms with van der Waals surface area (Å²) in [6.07, 6.45) is 0. The van der Waals surface area contributed by atoms with E-state index >= 15 is 0 Å². The third-order valence-corrected chi connectivity index (χ3v) is 2.84. The van der Waals surface area contributed by atoms with Gasteiger partial charge in [0.2, 0.25) is 5.91 Å². The SMILES string of the molecule is COc1ccc(C)cc1Nc1ccc(NC(C)=O)cc1. The van der Waals surface area contributed by atoms with E-state index in [1.165, 1.54) is 6.92 Å². The molecule has 2 N–H and O–H groups in total. The van der Waals surface area contributed by atoms with Crippen molar-refractivity contribution in [3.8, 4) is 5.75 Å². The molecule has 0 aromatic heterocycles. The number of rotatable bonds is 4. The van der Waals surface area contributed by atoms with E-state index in [4.69, 9.17) is 4.74 Å². The number of anilines is 3. The Labute approximate surface area is 118 Å². The Morgan fingerprint density at radius 3 is 2.30 bits per heavy atom. The number of methoxy groups -OCH3 is 1. The Morgan fingerprint density at radius 1 is 1.05 bits per heavy atom. The molecule has 0 saturated carbocycles. The quantitative estimate of drug-likeness (QED) is 0.890. The Bertz CT molecular complexity index is 606. The first-order valence-corrected chi connectivity index (χ1v) is 6.38. The number of nitrogens with one attached hydrogen (secondary N) is 2. The molecular weight excluding hydrogens is 252 g/mol. The maximum Gasteiger partial charge on any atom is 0.221 e. The van der Waals surface area contributed by atoms with Crippen molar-refractivity contribution in [2.24, 2.45) is 0 Å². The summed E-state index contributed by atoms with van der Waals surface area (Å²) < 4.78 is 5.33. The Kier molecular flexibility index (Phi) is 4.25. The van der Waals surface area contributed by atoms with Crippen LogP contribution in [0.25, 0.3) is 0 Å². The number of hydrogen-bond acceptors (Lipinski definition) is 3. The fraction of sp³-hybridized carbons (Fsp3) is 0.188. The third kappa shape index (κ3) is 3.51. The average Bonchev–Trinajstić information content (AvgIpc) is 2.41. The monoisotopic (exact) mass is 270 g/mol. The van der Waals surface area contributed by atoms with Crippen LogP contribution in [0.3, 0.4) is 0 Å². The molecule has 0 unspecified atom stereocenters. The Balaban J connectivity index is 2.17. The molecule has 104 valence electrons. The van der Waals surface area contributed by atoms with Gasteiger partial charge in [-0.25, -0.2) is 0 Å². The summed E-state index contributed by atoms with van der Waals surface area (Å²) in [6, 6.07) is 13.5. The van der Waals surface area contributed by atoms with E-state index in [1.54, 1.807) is 7.11 Å². The lowest BCUT2D eigenvalue weighted by Gasteiger charge is -2.12. The molecule has 0 radical (unpaired) electrons. The highest BCUT2D eigenvalue weighted by atomic mass is 16.5. The number of carbonyl (C=O) groups is 1. The zero-order valence-electron chi connectivity index (χ0n) is 11.9. The molecular formula is C16H18N2O2. The predicted octanol–water partition coefficient (Wildman–Crippen LogP) is 3.71. The van der Waals surface area contributed by atoms with E-state index in [-0.39, 0.29) is 5.91 Å². The fourth-order valence-corrected chi connectivity index (χ4v) is 1.92. The zero-order chi connectivity index (χ0) is 14.5. The van der Waals surface area contributed by atoms with Crippen molar-refractivity contribution >= 4 is 23.0 Å². The van der Waals surface area contributed by atoms with Gasteiger partial charge in [-0.2, -0.15) is 0 Å². The van der Waals surface area contributed by atoms with Gasteiger partial charge < -0.3 is 15.4 Å². The minimum atomic E-state index is -0.0777. The van der Waals surface area contributed by atoms with E-state index in [1.807, 2.05) is 49.4 Å². The average molecular weight is 270 g/mol. The van der Waals surface area contributed by atoms with E-state index < -0.39 is 0 Å². The van der Waals surface area contributed by atoms with Gasteiger partial charge in [-0.3, -0.25) is 4.79 Å². The van der Waals surface area contributed by atoms with Crippen molar-refractivity contribution in [1.29, 1.82) is 0 Å². The molecule has 0 spiro atoms. The van der Waals surface area contributed by atoms with Gasteiger partial charge in [-0.15, -0.1) is 0 Å². The van der Waals surface area contributed by atoms with E-state index in [0.717, 1.165) is 28.4 Å². The predicted molar refractivity (Wildman–Crippen MR) is 81.8 cm³/mol. The standard InChI is InChI=1S/C16H18N2O2/c1-11-4-9-16(20-3)15(10-11)18-14-7-5-13(6-8-14)17-12(2)19/h4-10,18H,1-3H3,(H,17,19). The molecule has 4 nitrogen and oxygen atoms in total. The van der Waals surface area contributed by atoms with Crippen LogP contribution in [0.2, 0.25) is 0 Å². The van der Waals surface area contributed by atoms with Crippen LogP contribution in [0.1, 0.15) is 12.5 Å². The normalized spacial score (nSPS) is 9.95. The van der Waals surface area contributed by atoms with Crippen molar-refractivity contribution in [3.63, 3.8) is 0 Å². The lowest BCUT2D eigenvalue weighted by Crippen LogP contribution is -2.05. The molecule has 0 saturated heterocycles. The number of ether oxygens (including phenoxy) is 1. The lowest BCUT2D eigenvalue weighted by atomic mass is 10.2. The molecule has 2 aromatic carbocycles. The van der Waals surface area contributed by atoms with Gasteiger partial charge in [0.05, 0.1) is 12.8 Å². The van der Waals surface area contributed by atoms with E-state index in [9.17, 15) is 4.79 Å². The second-order valence-corrected chi connectivity index (χ2v) is 4.59. The molecule has 2 rings (SSSR count). The fourth-order valence-electron chi connectivity index (χ4n) is 1.92. The van der Waals surface area contributed by atoms with Gasteiger partial charge in [0.1, 0.15) is 5.75 Å². The first-order chi connectivity index (χ1) is 9.58. The van der Waals surface area contributed by atoms with Crippen molar-refractivity contribution in [2.45, 2.75) is 13.8 Å². The maximum absolute atomic E-state index is 11.0. The van der Waals surface area contributed by atoms with Crippen LogP contribution in [0, 0.1) is 6.92 Å². The topological polar surface area (TPSA) is 50.4 Å². The number of amides is 1. The van der Waals surface area contributed by atoms with Gasteiger partial charge in [-0.05, 0) is 48.9 Å². The minimum Gasteiger partial charge on any atom is -0.495 e. The smallest absolute Gasteiger partial charge is 0.221 e. The summed E-state index contributed by atoms with van der Waals surface area (Å²) in [5.74, 6) is 0.715. The molecule has 0 bridgehead atoms. The van der Waals surface area contributed by atoms with Crippen LogP contribution in [-0.2, 0) is 4.79 Å². The molecule has 1 amide bonds. The largest absolute Gasteiger partial charge is 0.495 e. The summed E-state index contributed by atoms with van der Waals surface area (Å²) in [6.45, 7) is 3.52. The number of benzene rings is 2. The van der Waals surface area contributed by atoms with Gasteiger partial charge in [0.25, 0.3) is 0 Å². The highest BCUT2D eigenvalue weighted by molar-refractivity contribution is 5.88. The molecule has 0 atom stereocenters. The zero-order valence-corrected chi connectivity index (χ0v) is 11.9. The highest BCUT2D eigenvalue weighted by Crippen LogP contribution is 2.28. The van der Waals surface area contributed by atoms with Crippen LogP contribution in [0.5, 0.6) is 5.75 Å². The summed E-state index contributed by atoms with van der Waals surface area (Å²) in [7, 11) is 1.65. The number of hydrogen-bond donors (Lipinski definition) is 2. The third-order valence-electron chi connectivity index (χ3n) is 2.84. The van der Waals surface area contributed by atoms with Crippen molar-refractivity contribution in [1.82, 2.24) is 0 Å². The van der Waals surface area contributed by atoms with Crippen molar-refractivity contribution in [3.05, 3.63) is 48.0 Å². The number of carbonyl (C=O) groups excluding carboxylic acids is 1.